The van der Waals surface area contributed by atoms with Crippen molar-refractivity contribution in [1.82, 2.24) is 10.3 Å². The van der Waals surface area contributed by atoms with E-state index in [0.717, 1.165) is 29.2 Å². The SMILES string of the molecule is Cc1ccc(-c2csc(C3CCCCN3)n2)cc1[N+](=O)[O-]. The fourth-order valence-corrected chi connectivity index (χ4v) is 3.55. The second-order valence-electron chi connectivity index (χ2n) is 5.33. The van der Waals surface area contributed by atoms with Crippen LogP contribution in [-0.4, -0.2) is 16.5 Å². The van der Waals surface area contributed by atoms with E-state index in [9.17, 15) is 10.1 Å². The van der Waals surface area contributed by atoms with Gasteiger partial charge in [0.05, 0.1) is 16.7 Å². The first kappa shape index (κ1) is 14.2. The van der Waals surface area contributed by atoms with Gasteiger partial charge in [0.1, 0.15) is 5.01 Å². The Kier molecular flexibility index (Phi) is 3.98. The molecule has 5 nitrogen and oxygen atoms in total. The van der Waals surface area contributed by atoms with Crippen LogP contribution < -0.4 is 5.32 Å². The second kappa shape index (κ2) is 5.91. The number of rotatable bonds is 3. The molecule has 0 radical (unpaired) electrons. The lowest BCUT2D eigenvalue weighted by Crippen LogP contribution is -2.26. The van der Waals surface area contributed by atoms with Crippen LogP contribution in [0.4, 0.5) is 5.69 Å². The van der Waals surface area contributed by atoms with Gasteiger partial charge in [-0.05, 0) is 26.3 Å². The zero-order chi connectivity index (χ0) is 14.8. The molecule has 2 heterocycles. The van der Waals surface area contributed by atoms with Crippen LogP contribution in [0.5, 0.6) is 0 Å². The number of piperidine rings is 1. The lowest BCUT2D eigenvalue weighted by atomic mass is 10.1. The summed E-state index contributed by atoms with van der Waals surface area (Å²) in [4.78, 5) is 15.4. The smallest absolute Gasteiger partial charge is 0.272 e. The van der Waals surface area contributed by atoms with E-state index in [1.807, 2.05) is 11.4 Å². The van der Waals surface area contributed by atoms with Crippen molar-refractivity contribution < 1.29 is 4.92 Å². The molecule has 21 heavy (non-hydrogen) atoms. The average Bonchev–Trinajstić information content (AvgIpc) is 2.98. The Bertz CT molecular complexity index is 663. The minimum Gasteiger partial charge on any atom is -0.308 e. The summed E-state index contributed by atoms with van der Waals surface area (Å²) in [6.45, 7) is 2.79. The molecule has 1 saturated heterocycles. The van der Waals surface area contributed by atoms with Gasteiger partial charge < -0.3 is 5.32 Å². The molecule has 0 amide bonds. The fourth-order valence-electron chi connectivity index (χ4n) is 2.61. The van der Waals surface area contributed by atoms with Gasteiger partial charge >= 0.3 is 0 Å². The van der Waals surface area contributed by atoms with Gasteiger partial charge in [-0.3, -0.25) is 10.1 Å². The molecule has 1 fully saturated rings. The minimum absolute atomic E-state index is 0.151. The number of nitrogens with zero attached hydrogens (tertiary/aromatic N) is 2. The van der Waals surface area contributed by atoms with Gasteiger partial charge in [-0.2, -0.15) is 0 Å². The average molecular weight is 303 g/mol. The maximum absolute atomic E-state index is 11.0. The van der Waals surface area contributed by atoms with Crippen molar-refractivity contribution in [2.45, 2.75) is 32.2 Å². The second-order valence-corrected chi connectivity index (χ2v) is 6.22. The molecule has 110 valence electrons. The molecule has 0 aliphatic carbocycles. The van der Waals surface area contributed by atoms with E-state index in [2.05, 4.69) is 10.3 Å². The number of thiazole rings is 1. The van der Waals surface area contributed by atoms with Crippen molar-refractivity contribution in [1.29, 1.82) is 0 Å². The van der Waals surface area contributed by atoms with Crippen molar-refractivity contribution >= 4 is 17.0 Å². The molecule has 0 spiro atoms. The van der Waals surface area contributed by atoms with Gasteiger partial charge in [-0.15, -0.1) is 11.3 Å². The highest BCUT2D eigenvalue weighted by Gasteiger charge is 2.19. The Morgan fingerprint density at radius 2 is 2.29 bits per heavy atom. The van der Waals surface area contributed by atoms with E-state index < -0.39 is 0 Å². The molecule has 1 aromatic carbocycles. The lowest BCUT2D eigenvalue weighted by molar-refractivity contribution is -0.385. The van der Waals surface area contributed by atoms with E-state index >= 15 is 0 Å². The number of aromatic nitrogens is 1. The van der Waals surface area contributed by atoms with E-state index in [-0.39, 0.29) is 10.6 Å². The van der Waals surface area contributed by atoms with Crippen LogP contribution >= 0.6 is 11.3 Å². The normalized spacial score (nSPS) is 18.6. The highest BCUT2D eigenvalue weighted by atomic mass is 32.1. The number of nitro benzene ring substituents is 1. The molecule has 6 heteroatoms. The maximum Gasteiger partial charge on any atom is 0.272 e. The van der Waals surface area contributed by atoms with Gasteiger partial charge in [0.25, 0.3) is 5.69 Å². The molecule has 1 aliphatic heterocycles. The molecule has 3 rings (SSSR count). The number of nitrogens with one attached hydrogen (secondary N) is 1. The Morgan fingerprint density at radius 1 is 1.43 bits per heavy atom. The van der Waals surface area contributed by atoms with Crippen LogP contribution in [0.1, 0.15) is 35.9 Å². The first-order chi connectivity index (χ1) is 10.1. The largest absolute Gasteiger partial charge is 0.308 e. The topological polar surface area (TPSA) is 68.1 Å². The Labute approximate surface area is 127 Å². The molecule has 1 atom stereocenters. The van der Waals surface area contributed by atoms with Crippen LogP contribution in [0, 0.1) is 17.0 Å². The Balaban J connectivity index is 1.89. The van der Waals surface area contributed by atoms with Crippen LogP contribution in [0.2, 0.25) is 0 Å². The number of aryl methyl sites for hydroxylation is 1. The lowest BCUT2D eigenvalue weighted by Gasteiger charge is -2.21. The number of benzene rings is 1. The third kappa shape index (κ3) is 2.96. The van der Waals surface area contributed by atoms with Crippen molar-refractivity contribution in [3.05, 3.63) is 44.3 Å². The highest BCUT2D eigenvalue weighted by molar-refractivity contribution is 7.10. The van der Waals surface area contributed by atoms with Crippen LogP contribution in [0.15, 0.2) is 23.6 Å². The minimum atomic E-state index is -0.338. The van der Waals surface area contributed by atoms with Gasteiger partial charge in [0, 0.05) is 22.6 Å². The number of hydrogen-bond acceptors (Lipinski definition) is 5. The van der Waals surface area contributed by atoms with E-state index in [0.29, 0.717) is 11.6 Å². The quantitative estimate of drug-likeness (QED) is 0.691. The predicted octanol–water partition coefficient (Wildman–Crippen LogP) is 3.84. The Morgan fingerprint density at radius 3 is 3.00 bits per heavy atom. The third-order valence-corrected chi connectivity index (χ3v) is 4.79. The zero-order valence-electron chi connectivity index (χ0n) is 11.8. The summed E-state index contributed by atoms with van der Waals surface area (Å²) in [7, 11) is 0. The summed E-state index contributed by atoms with van der Waals surface area (Å²) in [5.41, 5.74) is 2.46. The van der Waals surface area contributed by atoms with E-state index in [1.54, 1.807) is 30.4 Å². The summed E-state index contributed by atoms with van der Waals surface area (Å²) < 4.78 is 0. The molecule has 1 aliphatic rings. The fraction of sp³-hybridized carbons (Fsp3) is 0.400. The number of hydrogen-bond donors (Lipinski definition) is 1. The summed E-state index contributed by atoms with van der Waals surface area (Å²) >= 11 is 1.63. The van der Waals surface area contributed by atoms with Crippen molar-refractivity contribution in [2.24, 2.45) is 0 Å². The summed E-state index contributed by atoms with van der Waals surface area (Å²) in [6, 6.07) is 5.63. The van der Waals surface area contributed by atoms with Crippen LogP contribution in [0.3, 0.4) is 0 Å². The molecule has 2 aromatic rings. The van der Waals surface area contributed by atoms with Crippen molar-refractivity contribution in [2.75, 3.05) is 6.54 Å². The summed E-state index contributed by atoms with van der Waals surface area (Å²) in [6.07, 6.45) is 3.56. The first-order valence-electron chi connectivity index (χ1n) is 7.09. The van der Waals surface area contributed by atoms with Crippen molar-refractivity contribution in [3.8, 4) is 11.3 Å². The molecule has 0 bridgehead atoms. The summed E-state index contributed by atoms with van der Waals surface area (Å²) in [5, 5.41) is 17.6. The zero-order valence-corrected chi connectivity index (χ0v) is 12.7. The van der Waals surface area contributed by atoms with Crippen LogP contribution in [-0.2, 0) is 0 Å². The molecule has 1 unspecified atom stereocenters. The van der Waals surface area contributed by atoms with E-state index in [4.69, 9.17) is 0 Å². The molecule has 1 aromatic heterocycles. The Hall–Kier alpha value is -1.79. The van der Waals surface area contributed by atoms with Crippen molar-refractivity contribution in [3.63, 3.8) is 0 Å². The van der Waals surface area contributed by atoms with Gasteiger partial charge in [-0.1, -0.05) is 18.6 Å². The molecule has 0 saturated carbocycles. The maximum atomic E-state index is 11.0. The molecular weight excluding hydrogens is 286 g/mol. The van der Waals surface area contributed by atoms with Gasteiger partial charge in [0.2, 0.25) is 0 Å². The summed E-state index contributed by atoms with van der Waals surface area (Å²) in [5.74, 6) is 0. The van der Waals surface area contributed by atoms with Gasteiger partial charge in [-0.25, -0.2) is 4.98 Å². The van der Waals surface area contributed by atoms with Gasteiger partial charge in [0.15, 0.2) is 0 Å². The molecular formula is C15H17N3O2S. The molecule has 1 N–H and O–H groups in total. The third-order valence-electron chi connectivity index (χ3n) is 3.83. The monoisotopic (exact) mass is 303 g/mol. The number of nitro groups is 1. The first-order valence-corrected chi connectivity index (χ1v) is 7.97. The predicted molar refractivity (Wildman–Crippen MR) is 83.5 cm³/mol. The standard InChI is InChI=1S/C15H17N3O2S/c1-10-5-6-11(8-14(10)18(19)20)13-9-21-15(17-13)12-4-2-3-7-16-12/h5-6,8-9,12,16H,2-4,7H2,1H3. The van der Waals surface area contributed by atoms with Crippen LogP contribution in [0.25, 0.3) is 11.3 Å². The van der Waals surface area contributed by atoms with E-state index in [1.165, 1.54) is 12.8 Å². The highest BCUT2D eigenvalue weighted by Crippen LogP contribution is 2.31.